The fraction of sp³-hybridized carbons (Fsp3) is 0. The Balaban J connectivity index is 2.32. The van der Waals surface area contributed by atoms with Crippen LogP contribution in [0.5, 0.6) is 0 Å². The molecule has 0 saturated carbocycles. The van der Waals surface area contributed by atoms with Gasteiger partial charge in [0.05, 0.1) is 5.52 Å². The predicted molar refractivity (Wildman–Crippen MR) is 65.3 cm³/mol. The fourth-order valence-electron chi connectivity index (χ4n) is 1.73. The second kappa shape index (κ2) is 3.24. The van der Waals surface area contributed by atoms with Crippen molar-refractivity contribution in [3.63, 3.8) is 0 Å². The van der Waals surface area contributed by atoms with Crippen molar-refractivity contribution in [2.24, 2.45) is 0 Å². The minimum atomic E-state index is -0.0235. The van der Waals surface area contributed by atoms with Gasteiger partial charge >= 0.3 is 9.81 Å². The molecule has 0 aliphatic rings. The van der Waals surface area contributed by atoms with Crippen molar-refractivity contribution in [3.05, 3.63) is 21.9 Å². The molecule has 0 atom stereocenters. The van der Waals surface area contributed by atoms with Crippen LogP contribution in [0.15, 0.2) is 29.8 Å². The first kappa shape index (κ1) is 9.92. The second-order valence-electron chi connectivity index (χ2n) is 3.50. The molecule has 0 fully saturated rings. The summed E-state index contributed by atoms with van der Waals surface area (Å²) in [4.78, 5) is 8.49. The molecule has 0 N–H and O–H groups in total. The lowest BCUT2D eigenvalue weighted by molar-refractivity contribution is 0.438. The molecule has 0 saturated heterocycles. The van der Waals surface area contributed by atoms with Crippen LogP contribution in [0.25, 0.3) is 33.6 Å². The van der Waals surface area contributed by atoms with Gasteiger partial charge in [-0.3, -0.25) is 0 Å². The number of rotatable bonds is 0. The van der Waals surface area contributed by atoms with Crippen LogP contribution in [0.2, 0.25) is 0 Å². The van der Waals surface area contributed by atoms with Gasteiger partial charge in [-0.1, -0.05) is 0 Å². The van der Waals surface area contributed by atoms with E-state index in [9.17, 15) is 0 Å². The predicted octanol–water partition coefficient (Wildman–Crippen LogP) is 3.77. The molecule has 0 amide bonds. The number of aromatic nitrogens is 2. The molecule has 88 valence electrons. The Bertz CT molecular complexity index is 1020. The van der Waals surface area contributed by atoms with Crippen molar-refractivity contribution >= 4 is 58.1 Å². The van der Waals surface area contributed by atoms with Gasteiger partial charge < -0.3 is 17.7 Å². The van der Waals surface area contributed by atoms with E-state index in [1.807, 2.05) is 0 Å². The van der Waals surface area contributed by atoms with E-state index in [1.54, 1.807) is 12.1 Å². The van der Waals surface area contributed by atoms with Crippen LogP contribution in [0, 0.1) is 9.81 Å². The molecule has 18 heavy (non-hydrogen) atoms. The summed E-state index contributed by atoms with van der Waals surface area (Å²) in [7, 11) is 0. The van der Waals surface area contributed by atoms with Gasteiger partial charge in [-0.15, -0.1) is 0 Å². The third kappa shape index (κ3) is 1.27. The highest BCUT2D eigenvalue weighted by Gasteiger charge is 2.13. The SMILES string of the molecule is S=c1oc2nc3ccc4oc(=S)oc4c3nc2o1. The number of nitrogens with zero attached hydrogens (tertiary/aromatic N) is 2. The first-order chi connectivity index (χ1) is 8.70. The lowest BCUT2D eigenvalue weighted by Gasteiger charge is -1.94. The first-order valence-corrected chi connectivity index (χ1v) is 5.66. The number of benzene rings is 1. The zero-order chi connectivity index (χ0) is 12.3. The molecule has 8 heteroatoms. The summed E-state index contributed by atoms with van der Waals surface area (Å²) in [5.74, 6) is 0. The Morgan fingerprint density at radius 3 is 2.39 bits per heavy atom. The quantitative estimate of drug-likeness (QED) is 0.450. The number of hydrogen-bond donors (Lipinski definition) is 0. The monoisotopic (exact) mass is 278 g/mol. The molecule has 0 aliphatic carbocycles. The molecule has 3 aromatic heterocycles. The van der Waals surface area contributed by atoms with Gasteiger partial charge in [0.2, 0.25) is 5.58 Å². The standard InChI is InChI=1S/C10H2N2O4S2/c17-9-13-4-2-1-3-5(6(4)14-9)12-8-7(11-3)15-10(18)16-8/h1-2H. The van der Waals surface area contributed by atoms with Crippen LogP contribution in [0.3, 0.4) is 0 Å². The van der Waals surface area contributed by atoms with Crippen molar-refractivity contribution in [2.75, 3.05) is 0 Å². The number of fused-ring (bicyclic) bond motifs is 4. The molecule has 0 unspecified atom stereocenters. The Morgan fingerprint density at radius 1 is 0.833 bits per heavy atom. The van der Waals surface area contributed by atoms with Gasteiger partial charge in [0.1, 0.15) is 5.52 Å². The van der Waals surface area contributed by atoms with Crippen molar-refractivity contribution in [2.45, 2.75) is 0 Å². The average Bonchev–Trinajstić information content (AvgIpc) is 2.86. The van der Waals surface area contributed by atoms with Crippen LogP contribution >= 0.6 is 24.4 Å². The Hall–Kier alpha value is -2.06. The molecular formula is C10H2N2O4S2. The minimum Gasteiger partial charge on any atom is -0.413 e. The van der Waals surface area contributed by atoms with Crippen molar-refractivity contribution < 1.29 is 17.7 Å². The van der Waals surface area contributed by atoms with Gasteiger partial charge in [-0.2, -0.15) is 0 Å². The molecule has 4 aromatic rings. The van der Waals surface area contributed by atoms with Crippen molar-refractivity contribution in [3.8, 4) is 0 Å². The van der Waals surface area contributed by atoms with Gasteiger partial charge in [-0.05, 0) is 12.1 Å². The average molecular weight is 278 g/mol. The maximum atomic E-state index is 5.28. The highest BCUT2D eigenvalue weighted by Crippen LogP contribution is 2.26. The first-order valence-electron chi connectivity index (χ1n) is 4.85. The second-order valence-corrected chi connectivity index (χ2v) is 4.17. The highest BCUT2D eigenvalue weighted by atomic mass is 32.1. The normalized spacial score (nSPS) is 11.8. The summed E-state index contributed by atoms with van der Waals surface area (Å²) in [5.41, 5.74) is 2.45. The summed E-state index contributed by atoms with van der Waals surface area (Å²) in [6, 6.07) is 3.43. The molecule has 3 heterocycles. The van der Waals surface area contributed by atoms with Gasteiger partial charge in [0, 0.05) is 24.4 Å². The largest absolute Gasteiger partial charge is 0.413 e. The Labute approximate surface area is 108 Å². The van der Waals surface area contributed by atoms with E-state index in [1.165, 1.54) is 0 Å². The third-order valence-electron chi connectivity index (χ3n) is 2.43. The van der Waals surface area contributed by atoms with Crippen molar-refractivity contribution in [1.82, 2.24) is 9.97 Å². The van der Waals surface area contributed by atoms with Crippen LogP contribution in [0.4, 0.5) is 0 Å². The lowest BCUT2D eigenvalue weighted by Crippen LogP contribution is -1.84. The lowest BCUT2D eigenvalue weighted by atomic mass is 10.3. The molecule has 0 spiro atoms. The van der Waals surface area contributed by atoms with Crippen LogP contribution in [-0.4, -0.2) is 9.97 Å². The molecule has 4 rings (SSSR count). The molecule has 0 aliphatic heterocycles. The Morgan fingerprint density at radius 2 is 1.56 bits per heavy atom. The summed E-state index contributed by atoms with van der Waals surface area (Å²) in [5, 5.41) is 0. The summed E-state index contributed by atoms with van der Waals surface area (Å²) in [6.07, 6.45) is 0. The highest BCUT2D eigenvalue weighted by molar-refractivity contribution is 7.71. The summed E-state index contributed by atoms with van der Waals surface area (Å²) in [6.45, 7) is 0. The summed E-state index contributed by atoms with van der Waals surface area (Å²) >= 11 is 9.62. The topological polar surface area (TPSA) is 78.3 Å². The summed E-state index contributed by atoms with van der Waals surface area (Å²) < 4.78 is 20.7. The Kier molecular flexibility index (Phi) is 1.78. The van der Waals surface area contributed by atoms with Gasteiger partial charge in [0.25, 0.3) is 11.4 Å². The minimum absolute atomic E-state index is 0.0235. The van der Waals surface area contributed by atoms with Crippen LogP contribution < -0.4 is 0 Å². The van der Waals surface area contributed by atoms with E-state index in [-0.39, 0.29) is 21.2 Å². The fourth-order valence-corrected chi connectivity index (χ4v) is 2.06. The maximum Gasteiger partial charge on any atom is 0.366 e. The maximum absolute atomic E-state index is 5.28. The molecular weight excluding hydrogens is 276 g/mol. The van der Waals surface area contributed by atoms with Gasteiger partial charge in [0.15, 0.2) is 5.58 Å². The van der Waals surface area contributed by atoms with E-state index < -0.39 is 0 Å². The zero-order valence-corrected chi connectivity index (χ0v) is 10.1. The molecule has 6 nitrogen and oxygen atoms in total. The van der Waals surface area contributed by atoms with Gasteiger partial charge in [-0.25, -0.2) is 9.97 Å². The van der Waals surface area contributed by atoms with E-state index in [2.05, 4.69) is 9.97 Å². The van der Waals surface area contributed by atoms with E-state index in [0.29, 0.717) is 22.2 Å². The number of hydrogen-bond acceptors (Lipinski definition) is 8. The zero-order valence-electron chi connectivity index (χ0n) is 8.50. The molecule has 0 radical (unpaired) electrons. The smallest absolute Gasteiger partial charge is 0.366 e. The van der Waals surface area contributed by atoms with E-state index >= 15 is 0 Å². The van der Waals surface area contributed by atoms with E-state index in [4.69, 9.17) is 42.1 Å². The van der Waals surface area contributed by atoms with Crippen LogP contribution in [0.1, 0.15) is 0 Å². The van der Waals surface area contributed by atoms with Crippen LogP contribution in [-0.2, 0) is 0 Å². The third-order valence-corrected chi connectivity index (χ3v) is 2.76. The van der Waals surface area contributed by atoms with E-state index in [0.717, 1.165) is 0 Å². The molecule has 0 bridgehead atoms. The molecule has 1 aromatic carbocycles. The van der Waals surface area contributed by atoms with Crippen molar-refractivity contribution in [1.29, 1.82) is 0 Å².